The van der Waals surface area contributed by atoms with E-state index in [0.717, 1.165) is 25.7 Å². The van der Waals surface area contributed by atoms with E-state index in [9.17, 15) is 0 Å². The van der Waals surface area contributed by atoms with Crippen LogP contribution in [0.4, 0.5) is 0 Å². The highest BCUT2D eigenvalue weighted by molar-refractivity contribution is 5.26. The Hall–Kier alpha value is -1.40. The van der Waals surface area contributed by atoms with Gasteiger partial charge in [0, 0.05) is 12.8 Å². The lowest BCUT2D eigenvalue weighted by Crippen LogP contribution is -1.74. The summed E-state index contributed by atoms with van der Waals surface area (Å²) in [6.07, 6.45) is 15.4. The summed E-state index contributed by atoms with van der Waals surface area (Å²) in [7, 11) is 0. The van der Waals surface area contributed by atoms with Gasteiger partial charge in [0.05, 0.1) is 0 Å². The van der Waals surface area contributed by atoms with Crippen molar-refractivity contribution in [2.45, 2.75) is 58.3 Å². The molecule has 0 fully saturated rings. The molecule has 0 radical (unpaired) electrons. The number of rotatable bonds is 8. The molecule has 0 saturated carbocycles. The van der Waals surface area contributed by atoms with E-state index in [-0.39, 0.29) is 0 Å². The molecular weight excluding hydrogens is 204 g/mol. The van der Waals surface area contributed by atoms with Crippen molar-refractivity contribution in [1.82, 2.24) is 0 Å². The maximum Gasteiger partial charge on any atom is 0.0279 e. The fraction of sp³-hybridized carbons (Fsp3) is 0.529. The molecule has 0 aliphatic carbocycles. The van der Waals surface area contributed by atoms with E-state index in [1.165, 1.54) is 25.7 Å². The van der Waals surface area contributed by atoms with Gasteiger partial charge in [-0.2, -0.15) is 0 Å². The first-order chi connectivity index (χ1) is 8.41. The summed E-state index contributed by atoms with van der Waals surface area (Å²) in [5.41, 5.74) is 0. The average Bonchev–Trinajstić information content (AvgIpc) is 2.35. The monoisotopic (exact) mass is 228 g/mol. The van der Waals surface area contributed by atoms with Crippen molar-refractivity contribution in [3.05, 3.63) is 24.8 Å². The van der Waals surface area contributed by atoms with Crippen molar-refractivity contribution in [1.29, 1.82) is 0 Å². The van der Waals surface area contributed by atoms with Gasteiger partial charge in [0.2, 0.25) is 0 Å². The molecule has 92 valence electrons. The molecule has 0 amide bonds. The first-order valence-corrected chi connectivity index (χ1v) is 6.63. The first kappa shape index (κ1) is 15.6. The fourth-order valence-corrected chi connectivity index (χ4v) is 1.31. The fourth-order valence-electron chi connectivity index (χ4n) is 1.31. The van der Waals surface area contributed by atoms with Crippen molar-refractivity contribution in [3.8, 4) is 23.7 Å². The van der Waals surface area contributed by atoms with Crippen LogP contribution in [-0.2, 0) is 0 Å². The third-order valence-electron chi connectivity index (χ3n) is 2.28. The van der Waals surface area contributed by atoms with Gasteiger partial charge in [-0.1, -0.05) is 43.4 Å². The van der Waals surface area contributed by atoms with Crippen molar-refractivity contribution in [2.75, 3.05) is 0 Å². The molecule has 0 aliphatic heterocycles. The van der Waals surface area contributed by atoms with E-state index in [1.54, 1.807) is 0 Å². The Morgan fingerprint density at radius 1 is 0.941 bits per heavy atom. The standard InChI is InChI=1S/C17H24/c1-3-5-7-9-11-13-15-17-16-14-12-10-8-6-4-2/h3,15,17H,1,4-7,9,11,13,16H2,2H3. The zero-order chi connectivity index (χ0) is 12.6. The summed E-state index contributed by atoms with van der Waals surface area (Å²) < 4.78 is 0. The molecule has 0 heterocycles. The molecule has 0 aliphatic rings. The summed E-state index contributed by atoms with van der Waals surface area (Å²) in [6.45, 7) is 5.84. The zero-order valence-electron chi connectivity index (χ0n) is 11.1. The summed E-state index contributed by atoms with van der Waals surface area (Å²) in [6, 6.07) is 0. The molecule has 0 saturated heterocycles. The molecule has 17 heavy (non-hydrogen) atoms. The van der Waals surface area contributed by atoms with E-state index in [0.29, 0.717) is 0 Å². The molecule has 0 nitrogen and oxygen atoms in total. The van der Waals surface area contributed by atoms with Gasteiger partial charge in [0.15, 0.2) is 0 Å². The molecule has 0 rings (SSSR count). The second-order valence-corrected chi connectivity index (χ2v) is 3.96. The van der Waals surface area contributed by atoms with Gasteiger partial charge in [0.25, 0.3) is 0 Å². The molecule has 0 aromatic rings. The van der Waals surface area contributed by atoms with E-state index >= 15 is 0 Å². The number of hydrogen-bond acceptors (Lipinski definition) is 0. The summed E-state index contributed by atoms with van der Waals surface area (Å²) >= 11 is 0. The smallest absolute Gasteiger partial charge is 0.0279 e. The van der Waals surface area contributed by atoms with Crippen LogP contribution >= 0.6 is 0 Å². The van der Waals surface area contributed by atoms with E-state index in [2.05, 4.69) is 49.3 Å². The average molecular weight is 228 g/mol. The number of allylic oxidation sites excluding steroid dienone is 3. The molecule has 0 heteroatoms. The van der Waals surface area contributed by atoms with Crippen molar-refractivity contribution < 1.29 is 0 Å². The van der Waals surface area contributed by atoms with Crippen LogP contribution in [0.2, 0.25) is 0 Å². The van der Waals surface area contributed by atoms with Crippen LogP contribution in [0, 0.1) is 23.7 Å². The Balaban J connectivity index is 3.36. The van der Waals surface area contributed by atoms with Crippen LogP contribution in [0.5, 0.6) is 0 Å². The quantitative estimate of drug-likeness (QED) is 0.316. The normalized spacial score (nSPS) is 9.24. The Kier molecular flexibility index (Phi) is 13.4. The Bertz CT molecular complexity index is 311. The van der Waals surface area contributed by atoms with Crippen LogP contribution in [0.15, 0.2) is 24.8 Å². The Morgan fingerprint density at radius 2 is 1.71 bits per heavy atom. The SMILES string of the molecule is C=CCCCCCC=CCC#CC#CCCC. The van der Waals surface area contributed by atoms with Crippen LogP contribution in [0.25, 0.3) is 0 Å². The maximum atomic E-state index is 3.71. The molecular formula is C17H24. The molecule has 0 atom stereocenters. The first-order valence-electron chi connectivity index (χ1n) is 6.63. The highest BCUT2D eigenvalue weighted by atomic mass is 13.9. The second kappa shape index (κ2) is 14.6. The highest BCUT2D eigenvalue weighted by Crippen LogP contribution is 2.03. The molecule has 0 aromatic heterocycles. The lowest BCUT2D eigenvalue weighted by Gasteiger charge is -1.93. The lowest BCUT2D eigenvalue weighted by molar-refractivity contribution is 0.696. The van der Waals surface area contributed by atoms with Crippen molar-refractivity contribution >= 4 is 0 Å². The lowest BCUT2D eigenvalue weighted by atomic mass is 10.1. The Morgan fingerprint density at radius 3 is 2.47 bits per heavy atom. The van der Waals surface area contributed by atoms with E-state index in [1.807, 2.05) is 6.08 Å². The number of unbranched alkanes of at least 4 members (excludes halogenated alkanes) is 5. The molecule has 0 unspecified atom stereocenters. The minimum absolute atomic E-state index is 0.827. The van der Waals surface area contributed by atoms with Gasteiger partial charge < -0.3 is 0 Å². The Labute approximate surface area is 107 Å². The van der Waals surface area contributed by atoms with Crippen LogP contribution in [-0.4, -0.2) is 0 Å². The summed E-state index contributed by atoms with van der Waals surface area (Å²) in [5, 5.41) is 0. The van der Waals surface area contributed by atoms with Gasteiger partial charge in [0.1, 0.15) is 0 Å². The number of hydrogen-bond donors (Lipinski definition) is 0. The summed E-state index contributed by atoms with van der Waals surface area (Å²) in [4.78, 5) is 0. The third kappa shape index (κ3) is 14.6. The topological polar surface area (TPSA) is 0 Å². The third-order valence-corrected chi connectivity index (χ3v) is 2.28. The van der Waals surface area contributed by atoms with E-state index in [4.69, 9.17) is 0 Å². The minimum Gasteiger partial charge on any atom is -0.103 e. The largest absolute Gasteiger partial charge is 0.103 e. The van der Waals surface area contributed by atoms with Gasteiger partial charge in [-0.05, 0) is 43.9 Å². The van der Waals surface area contributed by atoms with Crippen LogP contribution in [0.3, 0.4) is 0 Å². The molecule has 0 spiro atoms. The predicted octanol–water partition coefficient (Wildman–Crippen LogP) is 4.88. The molecule has 0 bridgehead atoms. The minimum atomic E-state index is 0.827. The van der Waals surface area contributed by atoms with Gasteiger partial charge in [-0.15, -0.1) is 6.58 Å². The van der Waals surface area contributed by atoms with Crippen molar-refractivity contribution in [3.63, 3.8) is 0 Å². The van der Waals surface area contributed by atoms with Gasteiger partial charge in [-0.3, -0.25) is 0 Å². The highest BCUT2D eigenvalue weighted by Gasteiger charge is 1.84. The van der Waals surface area contributed by atoms with E-state index < -0.39 is 0 Å². The predicted molar refractivity (Wildman–Crippen MR) is 77.5 cm³/mol. The maximum absolute atomic E-state index is 3.71. The summed E-state index contributed by atoms with van der Waals surface area (Å²) in [5.74, 6) is 11.8. The molecule has 0 N–H and O–H groups in total. The zero-order valence-corrected chi connectivity index (χ0v) is 11.1. The van der Waals surface area contributed by atoms with Crippen molar-refractivity contribution in [2.24, 2.45) is 0 Å². The van der Waals surface area contributed by atoms with Gasteiger partial charge >= 0.3 is 0 Å². The second-order valence-electron chi connectivity index (χ2n) is 3.96. The van der Waals surface area contributed by atoms with Gasteiger partial charge in [-0.25, -0.2) is 0 Å². The molecule has 0 aromatic carbocycles. The van der Waals surface area contributed by atoms with Crippen LogP contribution in [0.1, 0.15) is 58.3 Å². The van der Waals surface area contributed by atoms with Crippen LogP contribution < -0.4 is 0 Å².